The van der Waals surface area contributed by atoms with Crippen molar-refractivity contribution >= 4 is 23.2 Å². The van der Waals surface area contributed by atoms with Crippen LogP contribution in [0.15, 0.2) is 24.3 Å². The Bertz CT molecular complexity index is 1040. The number of hydrogen-bond acceptors (Lipinski definition) is 6. The summed E-state index contributed by atoms with van der Waals surface area (Å²) in [4.78, 5) is 8.68. The molecule has 1 aliphatic rings. The Labute approximate surface area is 171 Å². The number of anilines is 1. The number of ether oxygens (including phenoxy) is 2. The molecular weight excluding hydrogens is 404 g/mol. The van der Waals surface area contributed by atoms with Gasteiger partial charge in [0.25, 0.3) is 0 Å². The summed E-state index contributed by atoms with van der Waals surface area (Å²) in [7, 11) is 3.16. The fraction of sp³-hybridized carbons (Fsp3) is 0.421. The summed E-state index contributed by atoms with van der Waals surface area (Å²) in [6.07, 6.45) is -0.0255. The zero-order valence-corrected chi connectivity index (χ0v) is 16.7. The molecule has 154 valence electrons. The van der Waals surface area contributed by atoms with Crippen LogP contribution in [-0.4, -0.2) is 39.7 Å². The van der Waals surface area contributed by atoms with E-state index in [1.54, 1.807) is 26.4 Å². The fourth-order valence-electron chi connectivity index (χ4n) is 3.51. The van der Waals surface area contributed by atoms with Crippen molar-refractivity contribution in [2.75, 3.05) is 19.5 Å². The molecule has 0 bridgehead atoms. The van der Waals surface area contributed by atoms with Crippen LogP contribution in [0.2, 0.25) is 5.15 Å². The number of fused-ring (bicyclic) bond motifs is 1. The van der Waals surface area contributed by atoms with Crippen molar-refractivity contribution in [1.29, 1.82) is 0 Å². The molecular formula is C19H20ClF2N5O2. The van der Waals surface area contributed by atoms with Crippen molar-refractivity contribution in [3.05, 3.63) is 40.8 Å². The minimum absolute atomic E-state index is 0.144. The Kier molecular flexibility index (Phi) is 5.16. The SMILES string of the molecule is COc1ccc(CNc2nc(Cl)cc3nc([C@H]4CCC(F)(F)C4)nn23)c(OC)c1. The Morgan fingerprint density at radius 2 is 2.07 bits per heavy atom. The van der Waals surface area contributed by atoms with Crippen LogP contribution < -0.4 is 14.8 Å². The lowest BCUT2D eigenvalue weighted by Gasteiger charge is -2.12. The summed E-state index contributed by atoms with van der Waals surface area (Å²) >= 11 is 6.12. The highest BCUT2D eigenvalue weighted by atomic mass is 35.5. The number of aromatic nitrogens is 4. The van der Waals surface area contributed by atoms with Crippen LogP contribution in [0.3, 0.4) is 0 Å². The van der Waals surface area contributed by atoms with E-state index < -0.39 is 5.92 Å². The van der Waals surface area contributed by atoms with Gasteiger partial charge < -0.3 is 14.8 Å². The number of benzene rings is 1. The third-order valence-electron chi connectivity index (χ3n) is 5.01. The first-order valence-corrected chi connectivity index (χ1v) is 9.52. The van der Waals surface area contributed by atoms with Gasteiger partial charge >= 0.3 is 0 Å². The number of nitrogens with one attached hydrogen (secondary N) is 1. The third-order valence-corrected chi connectivity index (χ3v) is 5.20. The lowest BCUT2D eigenvalue weighted by Crippen LogP contribution is -2.10. The highest BCUT2D eigenvalue weighted by Crippen LogP contribution is 2.43. The van der Waals surface area contributed by atoms with Crippen LogP contribution in [0.5, 0.6) is 11.5 Å². The lowest BCUT2D eigenvalue weighted by molar-refractivity contribution is 0.00754. The highest BCUT2D eigenvalue weighted by molar-refractivity contribution is 6.29. The molecule has 2 aromatic heterocycles. The number of methoxy groups -OCH3 is 2. The highest BCUT2D eigenvalue weighted by Gasteiger charge is 2.41. The van der Waals surface area contributed by atoms with E-state index in [4.69, 9.17) is 21.1 Å². The van der Waals surface area contributed by atoms with Crippen LogP contribution in [0, 0.1) is 0 Å². The van der Waals surface area contributed by atoms with E-state index in [2.05, 4.69) is 20.4 Å². The van der Waals surface area contributed by atoms with Crippen molar-refractivity contribution in [2.24, 2.45) is 0 Å². The predicted octanol–water partition coefficient (Wildman–Crippen LogP) is 4.31. The summed E-state index contributed by atoms with van der Waals surface area (Å²) in [6.45, 7) is 0.381. The maximum Gasteiger partial charge on any atom is 0.248 e. The van der Waals surface area contributed by atoms with E-state index >= 15 is 0 Å². The largest absolute Gasteiger partial charge is 0.497 e. The monoisotopic (exact) mass is 423 g/mol. The van der Waals surface area contributed by atoms with Gasteiger partial charge in [-0.05, 0) is 18.6 Å². The van der Waals surface area contributed by atoms with Crippen LogP contribution in [0.1, 0.15) is 36.6 Å². The molecule has 2 heterocycles. The predicted molar refractivity (Wildman–Crippen MR) is 104 cm³/mol. The average molecular weight is 424 g/mol. The van der Waals surface area contributed by atoms with Crippen LogP contribution in [0.4, 0.5) is 14.7 Å². The van der Waals surface area contributed by atoms with Gasteiger partial charge in [-0.3, -0.25) is 0 Å². The van der Waals surface area contributed by atoms with Crippen LogP contribution in [-0.2, 0) is 6.54 Å². The number of alkyl halides is 2. The van der Waals surface area contributed by atoms with Gasteiger partial charge in [0.15, 0.2) is 11.5 Å². The molecule has 7 nitrogen and oxygen atoms in total. The van der Waals surface area contributed by atoms with Gasteiger partial charge in [-0.15, -0.1) is 5.10 Å². The molecule has 10 heteroatoms. The second-order valence-electron chi connectivity index (χ2n) is 6.97. The van der Waals surface area contributed by atoms with Crippen LogP contribution >= 0.6 is 11.6 Å². The maximum absolute atomic E-state index is 13.6. The van der Waals surface area contributed by atoms with Crippen LogP contribution in [0.25, 0.3) is 5.65 Å². The summed E-state index contributed by atoms with van der Waals surface area (Å²) in [5.74, 6) is -0.946. The molecule has 1 N–H and O–H groups in total. The normalized spacial score (nSPS) is 18.2. The second-order valence-corrected chi connectivity index (χ2v) is 7.36. The van der Waals surface area contributed by atoms with Crippen molar-refractivity contribution in [3.63, 3.8) is 0 Å². The number of nitrogens with zero attached hydrogens (tertiary/aromatic N) is 4. The Balaban J connectivity index is 1.61. The standard InChI is InChI=1S/C19H20ClF2N5O2/c1-28-13-4-3-12(14(7-13)29-2)10-23-18-24-15(20)8-16-25-17(26-27(16)18)11-5-6-19(21,22)9-11/h3-4,7-8,11H,5-6,9-10H2,1-2H3,(H,23,24)/t11-/m0/s1. The molecule has 1 aromatic carbocycles. The first kappa shape index (κ1) is 19.6. The van der Waals surface area contributed by atoms with Crippen molar-refractivity contribution in [1.82, 2.24) is 19.6 Å². The molecule has 0 amide bonds. The lowest BCUT2D eigenvalue weighted by atomic mass is 10.1. The summed E-state index contributed by atoms with van der Waals surface area (Å²) < 4.78 is 39.3. The molecule has 3 aromatic rings. The quantitative estimate of drug-likeness (QED) is 0.595. The molecule has 0 unspecified atom stereocenters. The zero-order valence-electron chi connectivity index (χ0n) is 16.0. The molecule has 1 atom stereocenters. The molecule has 0 saturated heterocycles. The van der Waals surface area contributed by atoms with Gasteiger partial charge in [0.05, 0.1) is 14.2 Å². The number of rotatable bonds is 6. The minimum atomic E-state index is -2.66. The minimum Gasteiger partial charge on any atom is -0.497 e. The first-order chi connectivity index (χ1) is 13.9. The smallest absolute Gasteiger partial charge is 0.248 e. The van der Waals surface area contributed by atoms with Gasteiger partial charge in [0, 0.05) is 43.0 Å². The molecule has 0 radical (unpaired) electrons. The molecule has 0 spiro atoms. The first-order valence-electron chi connectivity index (χ1n) is 9.14. The van der Waals surface area contributed by atoms with E-state index in [0.717, 1.165) is 5.56 Å². The van der Waals surface area contributed by atoms with Gasteiger partial charge in [-0.1, -0.05) is 11.6 Å². The Morgan fingerprint density at radius 1 is 1.24 bits per heavy atom. The van der Waals surface area contributed by atoms with E-state index in [1.165, 1.54) is 4.52 Å². The Morgan fingerprint density at radius 3 is 2.76 bits per heavy atom. The van der Waals surface area contributed by atoms with Gasteiger partial charge in [0.1, 0.15) is 16.7 Å². The molecule has 29 heavy (non-hydrogen) atoms. The molecule has 1 fully saturated rings. The van der Waals surface area contributed by atoms with E-state index in [9.17, 15) is 8.78 Å². The molecule has 4 rings (SSSR count). The second kappa shape index (κ2) is 7.62. The summed E-state index contributed by atoms with van der Waals surface area (Å²) in [5, 5.41) is 7.83. The molecule has 1 aliphatic carbocycles. The fourth-order valence-corrected chi connectivity index (χ4v) is 3.68. The molecule has 0 aliphatic heterocycles. The third kappa shape index (κ3) is 4.05. The Hall–Kier alpha value is -2.68. The van der Waals surface area contributed by atoms with Gasteiger partial charge in [-0.2, -0.15) is 4.52 Å². The average Bonchev–Trinajstić information content (AvgIpc) is 3.28. The maximum atomic E-state index is 13.6. The topological polar surface area (TPSA) is 73.6 Å². The van der Waals surface area contributed by atoms with Crippen molar-refractivity contribution in [2.45, 2.75) is 37.6 Å². The van der Waals surface area contributed by atoms with E-state index in [1.807, 2.05) is 12.1 Å². The number of halogens is 3. The van der Waals surface area contributed by atoms with Gasteiger partial charge in [-0.25, -0.2) is 18.7 Å². The summed E-state index contributed by atoms with van der Waals surface area (Å²) in [5.41, 5.74) is 1.33. The summed E-state index contributed by atoms with van der Waals surface area (Å²) in [6, 6.07) is 7.05. The van der Waals surface area contributed by atoms with E-state index in [0.29, 0.717) is 41.9 Å². The van der Waals surface area contributed by atoms with Gasteiger partial charge in [0.2, 0.25) is 11.9 Å². The molecule has 1 saturated carbocycles. The number of hydrogen-bond donors (Lipinski definition) is 1. The van der Waals surface area contributed by atoms with Crippen molar-refractivity contribution < 1.29 is 18.3 Å². The zero-order chi connectivity index (χ0) is 20.6. The van der Waals surface area contributed by atoms with Crippen molar-refractivity contribution in [3.8, 4) is 11.5 Å². The van der Waals surface area contributed by atoms with E-state index in [-0.39, 0.29) is 23.9 Å².